The highest BCUT2D eigenvalue weighted by molar-refractivity contribution is 7.98. The summed E-state index contributed by atoms with van der Waals surface area (Å²) in [7, 11) is 0. The molecule has 4 rings (SSSR count). The fraction of sp³-hybridized carbons (Fsp3) is 0.318. The number of thioether (sulfide) groups is 1. The first-order valence-corrected chi connectivity index (χ1v) is 10.6. The Morgan fingerprint density at radius 3 is 2.65 bits per heavy atom. The molecule has 2 heterocycles. The highest BCUT2D eigenvalue weighted by Crippen LogP contribution is 2.37. The van der Waals surface area contributed by atoms with Crippen molar-refractivity contribution in [2.45, 2.75) is 37.5 Å². The molecule has 134 valence electrons. The van der Waals surface area contributed by atoms with Gasteiger partial charge in [-0.3, -0.25) is 0 Å². The van der Waals surface area contributed by atoms with Crippen molar-refractivity contribution in [1.82, 2.24) is 9.78 Å². The van der Waals surface area contributed by atoms with Crippen molar-refractivity contribution in [2.75, 3.05) is 18.1 Å². The molecule has 0 atom stereocenters. The van der Waals surface area contributed by atoms with Crippen LogP contribution in [0.25, 0.3) is 16.9 Å². The Balaban J connectivity index is 1.88. The number of nitrogens with zero attached hydrogens (tertiary/aromatic N) is 2. The summed E-state index contributed by atoms with van der Waals surface area (Å²) < 4.78 is 2.10. The molecule has 0 saturated heterocycles. The van der Waals surface area contributed by atoms with Gasteiger partial charge in [-0.05, 0) is 55.7 Å². The van der Waals surface area contributed by atoms with Crippen LogP contribution in [0.4, 0.5) is 5.82 Å². The monoisotopic (exact) mass is 363 g/mol. The van der Waals surface area contributed by atoms with E-state index in [2.05, 4.69) is 71.7 Å². The van der Waals surface area contributed by atoms with Crippen molar-refractivity contribution in [2.24, 2.45) is 0 Å². The lowest BCUT2D eigenvalue weighted by Gasteiger charge is -2.09. The number of nitrogens with one attached hydrogen (secondary N) is 1. The van der Waals surface area contributed by atoms with E-state index in [9.17, 15) is 0 Å². The van der Waals surface area contributed by atoms with E-state index in [1.54, 1.807) is 11.8 Å². The molecular formula is C22H25N3S. The van der Waals surface area contributed by atoms with Crippen LogP contribution < -0.4 is 5.32 Å². The van der Waals surface area contributed by atoms with Gasteiger partial charge >= 0.3 is 0 Å². The molecule has 3 nitrogen and oxygen atoms in total. The van der Waals surface area contributed by atoms with Crippen LogP contribution in [0.5, 0.6) is 0 Å². The lowest BCUT2D eigenvalue weighted by atomic mass is 10.0. The van der Waals surface area contributed by atoms with Gasteiger partial charge in [-0.1, -0.05) is 37.3 Å². The second-order valence-corrected chi connectivity index (χ2v) is 7.54. The second kappa shape index (κ2) is 7.58. The highest BCUT2D eigenvalue weighted by atomic mass is 32.2. The standard InChI is InChI=1S/C22H25N3S/c1-3-16-11-13-17(14-12-16)25-22-19(9-6-7-15-23-22)21(24-25)18-8-4-5-10-20(18)26-2/h4-5,8,10-14,23H,3,6-7,9,15H2,1-2H3. The molecule has 1 aliphatic rings. The Morgan fingerprint density at radius 2 is 1.88 bits per heavy atom. The summed E-state index contributed by atoms with van der Waals surface area (Å²) in [5, 5.41) is 8.72. The van der Waals surface area contributed by atoms with E-state index in [4.69, 9.17) is 5.10 Å². The van der Waals surface area contributed by atoms with Crippen molar-refractivity contribution in [3.8, 4) is 16.9 Å². The second-order valence-electron chi connectivity index (χ2n) is 6.69. The van der Waals surface area contributed by atoms with E-state index in [-0.39, 0.29) is 0 Å². The number of hydrogen-bond donors (Lipinski definition) is 1. The zero-order chi connectivity index (χ0) is 17.9. The number of benzene rings is 2. The maximum absolute atomic E-state index is 5.08. The van der Waals surface area contributed by atoms with Gasteiger partial charge in [0.1, 0.15) is 5.82 Å². The van der Waals surface area contributed by atoms with Gasteiger partial charge in [-0.15, -0.1) is 11.8 Å². The molecule has 0 bridgehead atoms. The number of aromatic nitrogens is 2. The van der Waals surface area contributed by atoms with Gasteiger partial charge in [0.2, 0.25) is 0 Å². The molecule has 26 heavy (non-hydrogen) atoms. The molecule has 0 fully saturated rings. The summed E-state index contributed by atoms with van der Waals surface area (Å²) in [6.45, 7) is 3.20. The molecule has 4 heteroatoms. The van der Waals surface area contributed by atoms with Crippen LogP contribution in [0.3, 0.4) is 0 Å². The minimum Gasteiger partial charge on any atom is -0.370 e. The van der Waals surface area contributed by atoms with E-state index in [1.165, 1.54) is 34.4 Å². The first-order chi connectivity index (χ1) is 12.8. The molecule has 2 aromatic carbocycles. The van der Waals surface area contributed by atoms with Crippen molar-refractivity contribution in [3.63, 3.8) is 0 Å². The minimum atomic E-state index is 1.01. The molecule has 0 spiro atoms. The highest BCUT2D eigenvalue weighted by Gasteiger charge is 2.22. The van der Waals surface area contributed by atoms with E-state index in [1.807, 2.05) is 0 Å². The third kappa shape index (κ3) is 3.14. The molecule has 0 radical (unpaired) electrons. The van der Waals surface area contributed by atoms with Crippen molar-refractivity contribution >= 4 is 17.6 Å². The van der Waals surface area contributed by atoms with Crippen LogP contribution >= 0.6 is 11.8 Å². The Bertz CT molecular complexity index is 896. The third-order valence-corrected chi connectivity index (χ3v) is 5.88. The van der Waals surface area contributed by atoms with Crippen LogP contribution in [-0.2, 0) is 12.8 Å². The first kappa shape index (κ1) is 17.2. The SMILES string of the molecule is CCc1ccc(-n2nc(-c3ccccc3SC)c3c2NCCCC3)cc1. The number of hydrogen-bond acceptors (Lipinski definition) is 3. The average Bonchev–Trinajstić information content (AvgIpc) is 2.88. The molecule has 3 aromatic rings. The van der Waals surface area contributed by atoms with E-state index < -0.39 is 0 Å². The van der Waals surface area contributed by atoms with Crippen LogP contribution in [0.2, 0.25) is 0 Å². The number of aryl methyl sites for hydroxylation is 1. The number of fused-ring (bicyclic) bond motifs is 1. The van der Waals surface area contributed by atoms with Crippen molar-refractivity contribution < 1.29 is 0 Å². The fourth-order valence-electron chi connectivity index (χ4n) is 3.62. The summed E-state index contributed by atoms with van der Waals surface area (Å²) in [6, 6.07) is 17.4. The van der Waals surface area contributed by atoms with Gasteiger partial charge in [0.15, 0.2) is 0 Å². The van der Waals surface area contributed by atoms with Crippen LogP contribution in [-0.4, -0.2) is 22.6 Å². The van der Waals surface area contributed by atoms with Gasteiger partial charge in [0.25, 0.3) is 0 Å². The zero-order valence-electron chi connectivity index (χ0n) is 15.5. The summed E-state index contributed by atoms with van der Waals surface area (Å²) in [5.74, 6) is 1.16. The van der Waals surface area contributed by atoms with E-state index >= 15 is 0 Å². The summed E-state index contributed by atoms with van der Waals surface area (Å²) in [4.78, 5) is 1.28. The van der Waals surface area contributed by atoms with Gasteiger partial charge in [0, 0.05) is 22.6 Å². The summed E-state index contributed by atoms with van der Waals surface area (Å²) in [6.07, 6.45) is 6.67. The molecule has 0 unspecified atom stereocenters. The maximum atomic E-state index is 5.08. The van der Waals surface area contributed by atoms with Crippen molar-refractivity contribution in [1.29, 1.82) is 0 Å². The van der Waals surface area contributed by atoms with Crippen molar-refractivity contribution in [3.05, 3.63) is 59.7 Å². The number of rotatable bonds is 4. The first-order valence-electron chi connectivity index (χ1n) is 9.40. The summed E-state index contributed by atoms with van der Waals surface area (Å²) >= 11 is 1.79. The molecule has 0 aliphatic carbocycles. The average molecular weight is 364 g/mol. The molecular weight excluding hydrogens is 338 g/mol. The quantitative estimate of drug-likeness (QED) is 0.614. The minimum absolute atomic E-state index is 1.01. The van der Waals surface area contributed by atoms with Crippen LogP contribution in [0.1, 0.15) is 30.9 Å². The maximum Gasteiger partial charge on any atom is 0.133 e. The van der Waals surface area contributed by atoms with Gasteiger partial charge in [0.05, 0.1) is 11.4 Å². The zero-order valence-corrected chi connectivity index (χ0v) is 16.3. The normalized spacial score (nSPS) is 13.8. The van der Waals surface area contributed by atoms with Gasteiger partial charge < -0.3 is 5.32 Å². The third-order valence-electron chi connectivity index (χ3n) is 5.08. The smallest absolute Gasteiger partial charge is 0.133 e. The number of anilines is 1. The predicted molar refractivity (Wildman–Crippen MR) is 112 cm³/mol. The Hall–Kier alpha value is -2.20. The Labute approximate surface area is 159 Å². The lowest BCUT2D eigenvalue weighted by Crippen LogP contribution is -2.07. The lowest BCUT2D eigenvalue weighted by molar-refractivity contribution is 0.779. The van der Waals surface area contributed by atoms with E-state index in [0.717, 1.165) is 36.6 Å². The molecule has 0 saturated carbocycles. The molecule has 1 N–H and O–H groups in total. The largest absolute Gasteiger partial charge is 0.370 e. The predicted octanol–water partition coefficient (Wildman–Crippen LogP) is 5.57. The Kier molecular flexibility index (Phi) is 5.02. The van der Waals surface area contributed by atoms with Gasteiger partial charge in [-0.2, -0.15) is 5.10 Å². The molecule has 1 aliphatic heterocycles. The summed E-state index contributed by atoms with van der Waals surface area (Å²) in [5.41, 5.74) is 6.19. The topological polar surface area (TPSA) is 29.9 Å². The molecule has 1 aromatic heterocycles. The van der Waals surface area contributed by atoms with Gasteiger partial charge in [-0.25, -0.2) is 4.68 Å². The van der Waals surface area contributed by atoms with E-state index in [0.29, 0.717) is 0 Å². The van der Waals surface area contributed by atoms with Crippen LogP contribution in [0.15, 0.2) is 53.4 Å². The fourth-order valence-corrected chi connectivity index (χ4v) is 4.22. The molecule has 0 amide bonds. The van der Waals surface area contributed by atoms with Crippen LogP contribution in [0, 0.1) is 0 Å². The Morgan fingerprint density at radius 1 is 1.08 bits per heavy atom.